The topological polar surface area (TPSA) is 81.7 Å². The number of hydrogen-bond donors (Lipinski definition) is 3. The predicted octanol–water partition coefficient (Wildman–Crippen LogP) is 0.492. The van der Waals surface area contributed by atoms with E-state index in [0.717, 1.165) is 19.6 Å². The van der Waals surface area contributed by atoms with Gasteiger partial charge in [0.1, 0.15) is 0 Å². The Balaban J connectivity index is 3.43. The second-order valence-corrected chi connectivity index (χ2v) is 3.71. The SMILES string of the molecule is CCN(CC)CCNC(=O)NCCCC(=O)O. The van der Waals surface area contributed by atoms with Crippen LogP contribution in [0.3, 0.4) is 0 Å². The maximum absolute atomic E-state index is 11.3. The minimum absolute atomic E-state index is 0.0831. The highest BCUT2D eigenvalue weighted by atomic mass is 16.4. The first kappa shape index (κ1) is 15.7. The maximum atomic E-state index is 11.3. The maximum Gasteiger partial charge on any atom is 0.314 e. The van der Waals surface area contributed by atoms with Crippen molar-refractivity contribution in [2.45, 2.75) is 26.7 Å². The van der Waals surface area contributed by atoms with Crippen molar-refractivity contribution in [3.05, 3.63) is 0 Å². The van der Waals surface area contributed by atoms with Crippen LogP contribution >= 0.6 is 0 Å². The lowest BCUT2D eigenvalue weighted by molar-refractivity contribution is -0.137. The number of carboxylic acid groups (broad SMARTS) is 1. The first-order chi connectivity index (χ1) is 8.10. The van der Waals surface area contributed by atoms with E-state index in [0.29, 0.717) is 19.5 Å². The van der Waals surface area contributed by atoms with Crippen LogP contribution in [0.4, 0.5) is 4.79 Å². The third-order valence-electron chi connectivity index (χ3n) is 2.46. The zero-order valence-corrected chi connectivity index (χ0v) is 10.7. The van der Waals surface area contributed by atoms with Crippen molar-refractivity contribution < 1.29 is 14.7 Å². The summed E-state index contributed by atoms with van der Waals surface area (Å²) in [5.41, 5.74) is 0. The van der Waals surface area contributed by atoms with E-state index in [1.165, 1.54) is 0 Å². The van der Waals surface area contributed by atoms with Crippen molar-refractivity contribution >= 4 is 12.0 Å². The summed E-state index contributed by atoms with van der Waals surface area (Å²) in [6.07, 6.45) is 0.540. The van der Waals surface area contributed by atoms with Crippen molar-refractivity contribution in [2.24, 2.45) is 0 Å². The highest BCUT2D eigenvalue weighted by molar-refractivity contribution is 5.73. The van der Waals surface area contributed by atoms with Gasteiger partial charge in [-0.3, -0.25) is 4.79 Å². The van der Waals surface area contributed by atoms with Gasteiger partial charge in [0.25, 0.3) is 0 Å². The summed E-state index contributed by atoms with van der Waals surface area (Å²) in [6.45, 7) is 7.92. The highest BCUT2D eigenvalue weighted by Gasteiger charge is 2.02. The molecule has 100 valence electrons. The fraction of sp³-hybridized carbons (Fsp3) is 0.818. The lowest BCUT2D eigenvalue weighted by atomic mass is 10.3. The Bertz CT molecular complexity index is 230. The predicted molar refractivity (Wildman–Crippen MR) is 66.1 cm³/mol. The fourth-order valence-corrected chi connectivity index (χ4v) is 1.37. The molecule has 0 aliphatic carbocycles. The summed E-state index contributed by atoms with van der Waals surface area (Å²) in [7, 11) is 0. The number of carboxylic acids is 1. The monoisotopic (exact) mass is 245 g/mol. The Kier molecular flexibility index (Phi) is 9.14. The standard InChI is InChI=1S/C11H23N3O3/c1-3-14(4-2)9-8-13-11(17)12-7-5-6-10(15)16/h3-9H2,1-2H3,(H,15,16)(H2,12,13,17). The van der Waals surface area contributed by atoms with Crippen LogP contribution in [0.5, 0.6) is 0 Å². The quantitative estimate of drug-likeness (QED) is 0.516. The summed E-state index contributed by atoms with van der Waals surface area (Å²) < 4.78 is 0. The van der Waals surface area contributed by atoms with Crippen LogP contribution in [-0.4, -0.2) is 54.7 Å². The summed E-state index contributed by atoms with van der Waals surface area (Å²) in [6, 6.07) is -0.234. The number of aliphatic carboxylic acids is 1. The van der Waals surface area contributed by atoms with Gasteiger partial charge in [0.15, 0.2) is 0 Å². The van der Waals surface area contributed by atoms with Crippen LogP contribution < -0.4 is 10.6 Å². The van der Waals surface area contributed by atoms with E-state index in [4.69, 9.17) is 5.11 Å². The zero-order valence-electron chi connectivity index (χ0n) is 10.7. The molecule has 2 amide bonds. The number of hydrogen-bond acceptors (Lipinski definition) is 3. The molecule has 0 saturated heterocycles. The van der Waals surface area contributed by atoms with Gasteiger partial charge in [-0.05, 0) is 19.5 Å². The number of likely N-dealkylation sites (N-methyl/N-ethyl adjacent to an activating group) is 1. The van der Waals surface area contributed by atoms with E-state index >= 15 is 0 Å². The molecule has 0 bridgehead atoms. The Labute approximate surface area is 102 Å². The minimum atomic E-state index is -0.839. The minimum Gasteiger partial charge on any atom is -0.481 e. The summed E-state index contributed by atoms with van der Waals surface area (Å²) in [5.74, 6) is -0.839. The number of nitrogens with zero attached hydrogens (tertiary/aromatic N) is 1. The molecule has 0 aromatic heterocycles. The highest BCUT2D eigenvalue weighted by Crippen LogP contribution is 1.86. The van der Waals surface area contributed by atoms with E-state index in [9.17, 15) is 9.59 Å². The Morgan fingerprint density at radius 3 is 2.24 bits per heavy atom. The van der Waals surface area contributed by atoms with E-state index in [1.807, 2.05) is 0 Å². The van der Waals surface area contributed by atoms with Gasteiger partial charge in [0, 0.05) is 26.1 Å². The van der Waals surface area contributed by atoms with Gasteiger partial charge >= 0.3 is 12.0 Å². The average Bonchev–Trinajstić information content (AvgIpc) is 2.30. The van der Waals surface area contributed by atoms with Crippen LogP contribution in [0.2, 0.25) is 0 Å². The van der Waals surface area contributed by atoms with Crippen molar-refractivity contribution in [3.63, 3.8) is 0 Å². The van der Waals surface area contributed by atoms with Gasteiger partial charge in [-0.2, -0.15) is 0 Å². The van der Waals surface area contributed by atoms with E-state index in [1.54, 1.807) is 0 Å². The smallest absolute Gasteiger partial charge is 0.314 e. The molecule has 3 N–H and O–H groups in total. The number of carbonyl (C=O) groups is 2. The Morgan fingerprint density at radius 1 is 1.12 bits per heavy atom. The molecule has 0 aromatic carbocycles. The molecular weight excluding hydrogens is 222 g/mol. The molecule has 0 aliphatic heterocycles. The molecule has 0 unspecified atom stereocenters. The van der Waals surface area contributed by atoms with Gasteiger partial charge in [-0.1, -0.05) is 13.8 Å². The number of nitrogens with one attached hydrogen (secondary N) is 2. The average molecular weight is 245 g/mol. The molecule has 0 heterocycles. The molecule has 0 atom stereocenters. The molecule has 0 aliphatic rings. The number of urea groups is 1. The number of rotatable bonds is 9. The molecule has 0 fully saturated rings. The van der Waals surface area contributed by atoms with Gasteiger partial charge in [0.05, 0.1) is 0 Å². The molecule has 0 radical (unpaired) electrons. The first-order valence-corrected chi connectivity index (χ1v) is 6.06. The first-order valence-electron chi connectivity index (χ1n) is 6.06. The molecule has 0 aromatic rings. The number of amides is 2. The van der Waals surface area contributed by atoms with Crippen LogP contribution in [0.15, 0.2) is 0 Å². The van der Waals surface area contributed by atoms with Crippen LogP contribution in [0.25, 0.3) is 0 Å². The molecule has 0 spiro atoms. The molecule has 6 heteroatoms. The third-order valence-corrected chi connectivity index (χ3v) is 2.46. The summed E-state index contributed by atoms with van der Waals surface area (Å²) >= 11 is 0. The second kappa shape index (κ2) is 9.89. The Morgan fingerprint density at radius 2 is 1.71 bits per heavy atom. The summed E-state index contributed by atoms with van der Waals surface area (Å²) in [4.78, 5) is 23.7. The Hall–Kier alpha value is -1.30. The third kappa shape index (κ3) is 9.62. The molecule has 6 nitrogen and oxygen atoms in total. The van der Waals surface area contributed by atoms with Crippen molar-refractivity contribution in [1.82, 2.24) is 15.5 Å². The lowest BCUT2D eigenvalue weighted by Crippen LogP contribution is -2.40. The fourth-order valence-electron chi connectivity index (χ4n) is 1.37. The van der Waals surface area contributed by atoms with Gasteiger partial charge in [-0.25, -0.2) is 4.79 Å². The second-order valence-electron chi connectivity index (χ2n) is 3.71. The van der Waals surface area contributed by atoms with Gasteiger partial charge in [0.2, 0.25) is 0 Å². The van der Waals surface area contributed by atoms with E-state index in [-0.39, 0.29) is 12.5 Å². The van der Waals surface area contributed by atoms with Crippen molar-refractivity contribution in [3.8, 4) is 0 Å². The molecule has 0 rings (SSSR count). The van der Waals surface area contributed by atoms with Gasteiger partial charge in [-0.15, -0.1) is 0 Å². The van der Waals surface area contributed by atoms with Crippen molar-refractivity contribution in [2.75, 3.05) is 32.7 Å². The molecule has 0 saturated carbocycles. The van der Waals surface area contributed by atoms with E-state index < -0.39 is 5.97 Å². The largest absolute Gasteiger partial charge is 0.481 e. The lowest BCUT2D eigenvalue weighted by Gasteiger charge is -2.18. The molecular formula is C11H23N3O3. The number of carbonyl (C=O) groups excluding carboxylic acids is 1. The van der Waals surface area contributed by atoms with Gasteiger partial charge < -0.3 is 20.6 Å². The zero-order chi connectivity index (χ0) is 13.1. The van der Waals surface area contributed by atoms with Crippen molar-refractivity contribution in [1.29, 1.82) is 0 Å². The van der Waals surface area contributed by atoms with Crippen LogP contribution in [0.1, 0.15) is 26.7 Å². The normalized spacial score (nSPS) is 10.3. The van der Waals surface area contributed by atoms with Crippen LogP contribution in [0, 0.1) is 0 Å². The van der Waals surface area contributed by atoms with E-state index in [2.05, 4.69) is 29.4 Å². The van der Waals surface area contributed by atoms with Crippen LogP contribution in [-0.2, 0) is 4.79 Å². The summed E-state index contributed by atoms with van der Waals surface area (Å²) in [5, 5.41) is 13.7. The molecule has 17 heavy (non-hydrogen) atoms.